The molecule has 1 fully saturated rings. The van der Waals surface area contributed by atoms with Crippen molar-refractivity contribution in [3.05, 3.63) is 78.1 Å². The highest BCUT2D eigenvalue weighted by molar-refractivity contribution is 6.39. The van der Waals surface area contributed by atoms with Crippen LogP contribution in [-0.4, -0.2) is 34.7 Å². The lowest BCUT2D eigenvalue weighted by Gasteiger charge is -2.26. The number of ether oxygens (including phenoxy) is 1. The number of barbiturate groups is 1. The Hall–Kier alpha value is -4.20. The number of imide groups is 2. The maximum absolute atomic E-state index is 12.9. The van der Waals surface area contributed by atoms with Crippen LogP contribution < -0.4 is 15.0 Å². The number of nitrogens with zero attached hydrogens (tertiary/aromatic N) is 3. The van der Waals surface area contributed by atoms with E-state index in [1.165, 1.54) is 19.4 Å². The second-order valence-electron chi connectivity index (χ2n) is 6.21. The molecule has 1 saturated heterocycles. The van der Waals surface area contributed by atoms with Gasteiger partial charge in [-0.2, -0.15) is 5.10 Å². The fraction of sp³-hybridized carbons (Fsp3) is 0.0476. The predicted octanol–water partition coefficient (Wildman–Crippen LogP) is 2.55. The van der Waals surface area contributed by atoms with Crippen LogP contribution in [0.3, 0.4) is 0 Å². The van der Waals surface area contributed by atoms with Gasteiger partial charge in [0.15, 0.2) is 0 Å². The van der Waals surface area contributed by atoms with Gasteiger partial charge in [-0.05, 0) is 42.5 Å². The van der Waals surface area contributed by atoms with Crippen LogP contribution in [0.25, 0.3) is 11.8 Å². The molecule has 0 bridgehead atoms. The Morgan fingerprint density at radius 2 is 1.69 bits per heavy atom. The first-order valence-corrected chi connectivity index (χ1v) is 8.72. The molecule has 8 heteroatoms. The highest BCUT2D eigenvalue weighted by atomic mass is 16.5. The summed E-state index contributed by atoms with van der Waals surface area (Å²) in [4.78, 5) is 38.3. The fourth-order valence-electron chi connectivity index (χ4n) is 2.92. The second kappa shape index (κ2) is 7.43. The number of hydrogen-bond acceptors (Lipinski definition) is 5. The zero-order chi connectivity index (χ0) is 20.4. The number of carbonyl (C=O) groups excluding carboxylic acids is 3. The van der Waals surface area contributed by atoms with Crippen molar-refractivity contribution >= 4 is 29.6 Å². The number of amides is 4. The maximum Gasteiger partial charge on any atom is 0.335 e. The Bertz CT molecular complexity index is 1120. The van der Waals surface area contributed by atoms with Crippen molar-refractivity contribution in [1.29, 1.82) is 0 Å². The summed E-state index contributed by atoms with van der Waals surface area (Å²) in [5.74, 6) is -0.882. The minimum absolute atomic E-state index is 0.159. The van der Waals surface area contributed by atoms with Gasteiger partial charge in [-0.25, -0.2) is 14.4 Å². The quantitative estimate of drug-likeness (QED) is 0.548. The molecular weight excluding hydrogens is 372 g/mol. The molecule has 8 nitrogen and oxygen atoms in total. The lowest BCUT2D eigenvalue weighted by molar-refractivity contribution is -0.122. The molecule has 2 aromatic carbocycles. The minimum atomic E-state index is -0.803. The largest absolute Gasteiger partial charge is 0.497 e. The van der Waals surface area contributed by atoms with Gasteiger partial charge in [-0.1, -0.05) is 18.2 Å². The Morgan fingerprint density at radius 1 is 0.966 bits per heavy atom. The van der Waals surface area contributed by atoms with Gasteiger partial charge in [-0.3, -0.25) is 14.9 Å². The van der Waals surface area contributed by atoms with Crippen LogP contribution in [0.2, 0.25) is 0 Å². The molecular formula is C21H16N4O4. The first-order valence-electron chi connectivity index (χ1n) is 8.72. The van der Waals surface area contributed by atoms with E-state index in [0.29, 0.717) is 17.0 Å². The molecule has 4 amide bonds. The molecule has 0 spiro atoms. The van der Waals surface area contributed by atoms with Crippen LogP contribution in [0.1, 0.15) is 5.56 Å². The van der Waals surface area contributed by atoms with Crippen molar-refractivity contribution in [2.75, 3.05) is 12.0 Å². The molecule has 1 aromatic heterocycles. The van der Waals surface area contributed by atoms with E-state index in [1.54, 1.807) is 35.1 Å². The Morgan fingerprint density at radius 3 is 2.38 bits per heavy atom. The Kier molecular flexibility index (Phi) is 4.66. The van der Waals surface area contributed by atoms with E-state index >= 15 is 0 Å². The van der Waals surface area contributed by atoms with Crippen LogP contribution >= 0.6 is 0 Å². The van der Waals surface area contributed by atoms with Crippen molar-refractivity contribution < 1.29 is 19.1 Å². The van der Waals surface area contributed by atoms with Crippen molar-refractivity contribution in [3.63, 3.8) is 0 Å². The third-order valence-electron chi connectivity index (χ3n) is 4.37. The van der Waals surface area contributed by atoms with Gasteiger partial charge in [0.2, 0.25) is 0 Å². The van der Waals surface area contributed by atoms with Crippen molar-refractivity contribution in [3.8, 4) is 11.4 Å². The Balaban J connectivity index is 1.66. The average molecular weight is 388 g/mol. The highest BCUT2D eigenvalue weighted by Gasteiger charge is 2.36. The van der Waals surface area contributed by atoms with E-state index in [9.17, 15) is 14.4 Å². The highest BCUT2D eigenvalue weighted by Crippen LogP contribution is 2.24. The second-order valence-corrected chi connectivity index (χ2v) is 6.21. The first-order chi connectivity index (χ1) is 14.1. The first kappa shape index (κ1) is 18.2. The summed E-state index contributed by atoms with van der Waals surface area (Å²) in [5, 5.41) is 6.44. The van der Waals surface area contributed by atoms with Gasteiger partial charge < -0.3 is 4.74 Å². The van der Waals surface area contributed by atoms with Gasteiger partial charge in [0.1, 0.15) is 11.3 Å². The number of urea groups is 1. The third-order valence-corrected chi connectivity index (χ3v) is 4.37. The van der Waals surface area contributed by atoms with Gasteiger partial charge in [0.25, 0.3) is 11.8 Å². The SMILES string of the molecule is COc1ccc(N2C(=O)NC(=O)/C(=C\c3cnn(-c4ccccc4)c3)C2=O)cc1. The molecule has 144 valence electrons. The lowest BCUT2D eigenvalue weighted by atomic mass is 10.1. The molecule has 0 saturated carbocycles. The topological polar surface area (TPSA) is 93.5 Å². The summed E-state index contributed by atoms with van der Waals surface area (Å²) >= 11 is 0. The van der Waals surface area contributed by atoms with Gasteiger partial charge in [-0.15, -0.1) is 0 Å². The number of carbonyl (C=O) groups is 3. The van der Waals surface area contributed by atoms with Crippen LogP contribution in [0.15, 0.2) is 72.6 Å². The summed E-state index contributed by atoms with van der Waals surface area (Å²) in [6, 6.07) is 15.0. The van der Waals surface area contributed by atoms with Gasteiger partial charge in [0.05, 0.1) is 24.7 Å². The smallest absolute Gasteiger partial charge is 0.335 e. The summed E-state index contributed by atoms with van der Waals surface area (Å²) in [5.41, 5.74) is 1.56. The summed E-state index contributed by atoms with van der Waals surface area (Å²) in [6.07, 6.45) is 4.64. The molecule has 0 aliphatic carbocycles. The van der Waals surface area contributed by atoms with E-state index in [1.807, 2.05) is 30.3 Å². The molecule has 0 unspecified atom stereocenters. The average Bonchev–Trinajstić information content (AvgIpc) is 3.21. The molecule has 0 atom stereocenters. The standard InChI is InChI=1S/C21H16N4O4/c1-29-17-9-7-16(8-10-17)25-20(27)18(19(26)23-21(25)28)11-14-12-22-24(13-14)15-5-3-2-4-6-15/h2-13H,1H3,(H,23,26,28)/b18-11+. The fourth-order valence-corrected chi connectivity index (χ4v) is 2.92. The number of para-hydroxylation sites is 1. The summed E-state index contributed by atoms with van der Waals surface area (Å²) in [6.45, 7) is 0. The molecule has 4 rings (SSSR count). The number of methoxy groups -OCH3 is 1. The monoisotopic (exact) mass is 388 g/mol. The molecule has 1 aliphatic heterocycles. The van der Waals surface area contributed by atoms with Crippen molar-refractivity contribution in [2.24, 2.45) is 0 Å². The number of nitrogens with one attached hydrogen (secondary N) is 1. The molecule has 2 heterocycles. The number of rotatable bonds is 4. The number of hydrogen-bond donors (Lipinski definition) is 1. The molecule has 1 aliphatic rings. The predicted molar refractivity (Wildman–Crippen MR) is 106 cm³/mol. The van der Waals surface area contributed by atoms with E-state index in [4.69, 9.17) is 4.74 Å². The van der Waals surface area contributed by atoms with E-state index in [2.05, 4.69) is 10.4 Å². The number of anilines is 1. The molecule has 0 radical (unpaired) electrons. The van der Waals surface area contributed by atoms with Crippen LogP contribution in [-0.2, 0) is 9.59 Å². The summed E-state index contributed by atoms with van der Waals surface area (Å²) < 4.78 is 6.72. The minimum Gasteiger partial charge on any atom is -0.497 e. The molecule has 1 N–H and O–H groups in total. The summed E-state index contributed by atoms with van der Waals surface area (Å²) in [7, 11) is 1.52. The van der Waals surface area contributed by atoms with Gasteiger partial charge in [0, 0.05) is 11.8 Å². The van der Waals surface area contributed by atoms with Crippen LogP contribution in [0.5, 0.6) is 5.75 Å². The van der Waals surface area contributed by atoms with Crippen LogP contribution in [0, 0.1) is 0 Å². The normalized spacial score (nSPS) is 15.6. The molecule has 29 heavy (non-hydrogen) atoms. The Labute approximate surface area is 166 Å². The number of aromatic nitrogens is 2. The zero-order valence-corrected chi connectivity index (χ0v) is 15.4. The maximum atomic E-state index is 12.9. The zero-order valence-electron chi connectivity index (χ0n) is 15.4. The lowest BCUT2D eigenvalue weighted by Crippen LogP contribution is -2.54. The van der Waals surface area contributed by atoms with E-state index < -0.39 is 17.8 Å². The van der Waals surface area contributed by atoms with Crippen molar-refractivity contribution in [2.45, 2.75) is 0 Å². The van der Waals surface area contributed by atoms with E-state index in [-0.39, 0.29) is 5.57 Å². The third kappa shape index (κ3) is 3.51. The molecule has 3 aromatic rings. The van der Waals surface area contributed by atoms with Crippen LogP contribution in [0.4, 0.5) is 10.5 Å². The van der Waals surface area contributed by atoms with Crippen molar-refractivity contribution in [1.82, 2.24) is 15.1 Å². The van der Waals surface area contributed by atoms with Gasteiger partial charge >= 0.3 is 6.03 Å². The number of benzene rings is 2. The van der Waals surface area contributed by atoms with E-state index in [0.717, 1.165) is 10.6 Å².